The molecule has 3 unspecified atom stereocenters. The van der Waals surface area contributed by atoms with Gasteiger partial charge in [-0.2, -0.15) is 4.98 Å². The Kier molecular flexibility index (Phi) is 16.1. The zero-order valence-electron chi connectivity index (χ0n) is 40.9. The molecule has 390 valence electrons. The van der Waals surface area contributed by atoms with Gasteiger partial charge in [0.25, 0.3) is 15.6 Å². The van der Waals surface area contributed by atoms with Gasteiger partial charge in [-0.15, -0.1) is 0 Å². The van der Waals surface area contributed by atoms with Crippen LogP contribution in [0.25, 0.3) is 0 Å². The second-order valence-corrected chi connectivity index (χ2v) is 21.0. The van der Waals surface area contributed by atoms with Crippen molar-refractivity contribution in [3.05, 3.63) is 211 Å². The van der Waals surface area contributed by atoms with E-state index in [1.807, 2.05) is 103 Å². The van der Waals surface area contributed by atoms with Crippen molar-refractivity contribution in [2.75, 3.05) is 0 Å². The molecule has 19 heteroatoms. The van der Waals surface area contributed by atoms with E-state index >= 15 is 0 Å². The highest BCUT2D eigenvalue weighted by Crippen LogP contribution is 2.42. The first-order valence-corrected chi connectivity index (χ1v) is 27.1. The maximum Gasteiger partial charge on any atom is 0.349 e. The van der Waals surface area contributed by atoms with Crippen LogP contribution in [0, 0.1) is 6.92 Å². The third kappa shape index (κ3) is 12.9. The molecule has 0 bridgehead atoms. The van der Waals surface area contributed by atoms with Crippen LogP contribution in [0.15, 0.2) is 152 Å². The van der Waals surface area contributed by atoms with E-state index in [0.717, 1.165) is 112 Å². The second kappa shape index (κ2) is 23.7. The Bertz CT molecular complexity index is 3400. The van der Waals surface area contributed by atoms with Gasteiger partial charge >= 0.3 is 17.9 Å². The Labute approximate surface area is 458 Å². The number of nitrogens with zero attached hydrogens (tertiary/aromatic N) is 3. The van der Waals surface area contributed by atoms with Crippen LogP contribution in [0.4, 0.5) is 0 Å². The number of hydrogen-bond acceptors (Lipinski definition) is 15. The predicted molar refractivity (Wildman–Crippen MR) is 291 cm³/mol. The molecule has 0 radical (unpaired) electrons. The summed E-state index contributed by atoms with van der Waals surface area (Å²) >= 11 is 8.76. The molecule has 3 atom stereocenters. The Morgan fingerprint density at radius 2 is 0.896 bits per heavy atom. The van der Waals surface area contributed by atoms with Gasteiger partial charge in [0.05, 0.1) is 11.9 Å². The van der Waals surface area contributed by atoms with E-state index < -0.39 is 17.9 Å². The number of carboxylic acids is 3. The zero-order chi connectivity index (χ0) is 53.4. The molecule has 0 saturated carbocycles. The number of aromatic carboxylic acids is 3. The molecule has 77 heavy (non-hydrogen) atoms. The number of halogens is 1. The van der Waals surface area contributed by atoms with Crippen molar-refractivity contribution in [1.82, 2.24) is 15.0 Å². The number of aryl methyl sites for hydroxylation is 4. The van der Waals surface area contributed by atoms with Gasteiger partial charge in [-0.1, -0.05) is 137 Å². The third-order valence-electron chi connectivity index (χ3n) is 12.5. The van der Waals surface area contributed by atoms with Crippen LogP contribution in [0.5, 0.6) is 50.1 Å². The Hall–Kier alpha value is -8.29. The summed E-state index contributed by atoms with van der Waals surface area (Å²) < 4.78 is 35.5. The van der Waals surface area contributed by atoms with Gasteiger partial charge in [-0.3, -0.25) is 0 Å². The second-order valence-electron chi connectivity index (χ2n) is 17.7. The molecule has 0 spiro atoms. The number of carboxylic acid groups (broad SMARTS) is 3. The maximum absolute atomic E-state index is 11.1. The number of fused-ring (bicyclic) bond motifs is 3. The highest BCUT2D eigenvalue weighted by atomic mass is 35.5. The van der Waals surface area contributed by atoms with Gasteiger partial charge in [0.15, 0.2) is 10.0 Å². The molecule has 6 heterocycles. The van der Waals surface area contributed by atoms with Crippen LogP contribution in [-0.2, 0) is 19.3 Å². The first kappa shape index (κ1) is 52.2. The normalized spacial score (nSPS) is 15.8. The lowest BCUT2D eigenvalue weighted by atomic mass is 9.97. The van der Waals surface area contributed by atoms with Crippen molar-refractivity contribution in [1.29, 1.82) is 0 Å². The van der Waals surface area contributed by atoms with E-state index in [9.17, 15) is 14.4 Å². The van der Waals surface area contributed by atoms with Gasteiger partial charge in [0, 0.05) is 0 Å². The molecule has 6 aromatic carbocycles. The minimum absolute atomic E-state index is 0.0336. The number of carbonyl (C=O) groups is 3. The van der Waals surface area contributed by atoms with Crippen LogP contribution in [-0.4, -0.2) is 48.2 Å². The van der Waals surface area contributed by atoms with Crippen molar-refractivity contribution in [2.24, 2.45) is 0 Å². The summed E-state index contributed by atoms with van der Waals surface area (Å²) in [6.07, 6.45) is 6.82. The van der Waals surface area contributed by atoms with Crippen LogP contribution in [0.1, 0.15) is 106 Å². The summed E-state index contributed by atoms with van der Waals surface area (Å²) in [4.78, 5) is 45.5. The highest BCUT2D eigenvalue weighted by molar-refractivity contribution is 7.16. The van der Waals surface area contributed by atoms with E-state index in [-0.39, 0.29) is 43.3 Å². The summed E-state index contributed by atoms with van der Waals surface area (Å²) in [7, 11) is 0. The molecule has 9 aromatic rings. The van der Waals surface area contributed by atoms with Crippen molar-refractivity contribution in [3.8, 4) is 50.1 Å². The smallest absolute Gasteiger partial charge is 0.349 e. The quantitative estimate of drug-likeness (QED) is 0.104. The fourth-order valence-corrected chi connectivity index (χ4v) is 11.2. The minimum atomic E-state index is -1.12. The molecule has 0 aliphatic carbocycles. The maximum atomic E-state index is 11.1. The Balaban J connectivity index is 0.000000131. The standard InChI is InChI=1S/C20H17NO4S.C19H14ClNO4S.C19H15NO4S/c1-12-18(19(22)23)26-20(21-12)24-15-8-10-17-14(11-15)7-9-16(25-17)13-5-3-2-4-6-13;20-17-16(18(22)23)26-19(21-17)24-13-7-9-15-12(10-13)6-8-14(25-15)11-4-2-1-3-5-11;21-18(22)17-11-20-19(25-17)23-14-7-9-16-13(10-14)6-8-15(24-16)12-4-2-1-3-5-12/h2-6,8,10-11,16H,7,9H2,1H3,(H,22,23);1-5,7,9-10,14H,6,8H2,(H,22,23);1-5,7,9-11,15H,6,8H2,(H,21,22). The van der Waals surface area contributed by atoms with Gasteiger partial charge in [-0.25, -0.2) is 24.4 Å². The summed E-state index contributed by atoms with van der Waals surface area (Å²) in [5.41, 5.74) is 7.20. The average molecular weight is 1110 g/mol. The van der Waals surface area contributed by atoms with Crippen LogP contribution < -0.4 is 28.4 Å². The van der Waals surface area contributed by atoms with E-state index in [0.29, 0.717) is 33.3 Å². The molecule has 0 fully saturated rings. The predicted octanol–water partition coefficient (Wildman–Crippen LogP) is 15.1. The summed E-state index contributed by atoms with van der Waals surface area (Å²) in [6.45, 7) is 1.66. The lowest BCUT2D eigenvalue weighted by Gasteiger charge is -2.26. The van der Waals surface area contributed by atoms with E-state index in [2.05, 4.69) is 51.4 Å². The number of rotatable bonds is 12. The molecule has 3 aliphatic heterocycles. The highest BCUT2D eigenvalue weighted by Gasteiger charge is 2.26. The molecular formula is C58H46ClN3O12S3. The molecule has 12 rings (SSSR count). The zero-order valence-corrected chi connectivity index (χ0v) is 44.1. The molecule has 0 amide bonds. The van der Waals surface area contributed by atoms with Crippen LogP contribution in [0.3, 0.4) is 0 Å². The number of hydrogen-bond donors (Lipinski definition) is 3. The van der Waals surface area contributed by atoms with Crippen molar-refractivity contribution < 1.29 is 58.1 Å². The summed E-state index contributed by atoms with van der Waals surface area (Å²) in [5, 5.41) is 27.9. The van der Waals surface area contributed by atoms with E-state index in [4.69, 9.17) is 55.3 Å². The van der Waals surface area contributed by atoms with Crippen LogP contribution >= 0.6 is 45.6 Å². The van der Waals surface area contributed by atoms with Crippen molar-refractivity contribution in [3.63, 3.8) is 0 Å². The molecule has 15 nitrogen and oxygen atoms in total. The van der Waals surface area contributed by atoms with E-state index in [1.165, 1.54) is 17.3 Å². The molecular weight excluding hydrogens is 1060 g/mol. The Morgan fingerprint density at radius 1 is 0.506 bits per heavy atom. The summed E-state index contributed by atoms with van der Waals surface area (Å²) in [5.74, 6) is 1.29. The van der Waals surface area contributed by atoms with Gasteiger partial charge in [0.1, 0.15) is 62.6 Å². The number of ether oxygens (including phenoxy) is 6. The lowest BCUT2D eigenvalue weighted by Crippen LogP contribution is -2.15. The number of thiazole rings is 3. The molecule has 0 saturated heterocycles. The number of benzene rings is 6. The first-order valence-electron chi connectivity index (χ1n) is 24.3. The third-order valence-corrected chi connectivity index (χ3v) is 15.7. The largest absolute Gasteiger partial charge is 0.485 e. The van der Waals surface area contributed by atoms with Gasteiger partial charge in [-0.05, 0) is 133 Å². The molecule has 3 N–H and O–H groups in total. The minimum Gasteiger partial charge on any atom is -0.485 e. The fourth-order valence-electron chi connectivity index (χ4n) is 8.77. The van der Waals surface area contributed by atoms with E-state index in [1.54, 1.807) is 13.0 Å². The SMILES string of the molecule is Cc1nc(Oc2ccc3c(c2)CCC(c2ccccc2)O3)sc1C(=O)O.O=C(O)c1cnc(Oc2ccc3c(c2)CCC(c2ccccc2)O3)s1.O=C(O)c1sc(Oc2ccc3c(c2)CCC(c2ccccc2)O3)nc1Cl. The van der Waals surface area contributed by atoms with Gasteiger partial charge in [0.2, 0.25) is 0 Å². The number of aromatic nitrogens is 3. The lowest BCUT2D eigenvalue weighted by molar-refractivity contribution is 0.0690. The fraction of sp³-hybridized carbons (Fsp3) is 0.172. The van der Waals surface area contributed by atoms with Crippen molar-refractivity contribution >= 4 is 63.5 Å². The average Bonchev–Trinajstić information content (AvgIpc) is 4.19. The topological polar surface area (TPSA) is 206 Å². The summed E-state index contributed by atoms with van der Waals surface area (Å²) in [6, 6.07) is 47.4. The van der Waals surface area contributed by atoms with Crippen molar-refractivity contribution in [2.45, 2.75) is 63.8 Å². The van der Waals surface area contributed by atoms with Crippen LogP contribution in [0.2, 0.25) is 5.15 Å². The molecule has 3 aromatic heterocycles. The van der Waals surface area contributed by atoms with Gasteiger partial charge < -0.3 is 43.7 Å². The molecule has 3 aliphatic rings. The Morgan fingerprint density at radius 3 is 1.26 bits per heavy atom. The monoisotopic (exact) mass is 1110 g/mol. The first-order chi connectivity index (χ1) is 37.4.